The van der Waals surface area contributed by atoms with Crippen LogP contribution in [0.4, 0.5) is 0 Å². The molecular weight excluding hydrogens is 683 g/mol. The van der Waals surface area contributed by atoms with Gasteiger partial charge in [0.25, 0.3) is 0 Å². The number of aliphatic hydroxyl groups excluding tert-OH is 2. The lowest BCUT2D eigenvalue weighted by Crippen LogP contribution is -2.36. The van der Waals surface area contributed by atoms with E-state index in [9.17, 15) is 19.8 Å². The molecule has 0 fully saturated rings. The van der Waals surface area contributed by atoms with E-state index in [4.69, 9.17) is 9.47 Å². The van der Waals surface area contributed by atoms with E-state index in [2.05, 4.69) is 32.6 Å². The Hall–Kier alpha value is -0.830. The molecule has 0 aromatic carbocycles. The highest BCUT2D eigenvalue weighted by atomic mass is 32.2. The first-order valence-electron chi connectivity index (χ1n) is 22.8. The van der Waals surface area contributed by atoms with Crippen molar-refractivity contribution in [2.24, 2.45) is 11.8 Å². The van der Waals surface area contributed by atoms with Crippen molar-refractivity contribution in [1.82, 2.24) is 4.90 Å². The van der Waals surface area contributed by atoms with Crippen LogP contribution < -0.4 is 0 Å². The second-order valence-corrected chi connectivity index (χ2v) is 16.9. The highest BCUT2D eigenvalue weighted by Gasteiger charge is 2.20. The predicted octanol–water partition coefficient (Wildman–Crippen LogP) is 11.7. The van der Waals surface area contributed by atoms with Gasteiger partial charge in [0.15, 0.2) is 0 Å². The lowest BCUT2D eigenvalue weighted by molar-refractivity contribution is -0.148. The minimum Gasteiger partial charge on any atom is -0.465 e. The Morgan fingerprint density at radius 2 is 1.09 bits per heavy atom. The summed E-state index contributed by atoms with van der Waals surface area (Å²) in [5, 5.41) is 20.3. The second-order valence-electron chi connectivity index (χ2n) is 15.8. The number of thioether (sulfide) groups is 1. The number of carbonyl (C=O) groups is 2. The number of carbonyl (C=O) groups excluding carboxylic acids is 2. The molecule has 316 valence electrons. The molecule has 0 aromatic heterocycles. The molecule has 53 heavy (non-hydrogen) atoms. The van der Waals surface area contributed by atoms with Gasteiger partial charge in [-0.2, -0.15) is 11.8 Å². The largest absolute Gasteiger partial charge is 0.465 e. The molecule has 0 saturated carbocycles. The summed E-state index contributed by atoms with van der Waals surface area (Å²) in [5.41, 5.74) is 0. The molecule has 7 nitrogen and oxygen atoms in total. The van der Waals surface area contributed by atoms with Gasteiger partial charge >= 0.3 is 11.9 Å². The zero-order chi connectivity index (χ0) is 39.0. The molecule has 0 saturated heterocycles. The van der Waals surface area contributed by atoms with Crippen molar-refractivity contribution in [2.45, 2.75) is 214 Å². The standard InChI is InChI=1S/C45H89NO6S/c1-5-9-13-17-19-23-29-41(28-22-15-11-7-3)39-52-44(49)32-26-21-27-33-46(34-35-47)38-43(48)40-53-37-36-51-45(50)42(30-24-16-12-8-4)31-25-20-18-14-10-6-2/h41-43,47-48H,5-40H2,1-4H3. The highest BCUT2D eigenvalue weighted by molar-refractivity contribution is 7.99. The molecule has 8 heteroatoms. The number of hydrogen-bond donors (Lipinski definition) is 2. The van der Waals surface area contributed by atoms with Crippen molar-refractivity contribution in [1.29, 1.82) is 0 Å². The quantitative estimate of drug-likeness (QED) is 0.0468. The van der Waals surface area contributed by atoms with Crippen LogP contribution in [0.5, 0.6) is 0 Å². The summed E-state index contributed by atoms with van der Waals surface area (Å²) in [6.07, 6.45) is 31.8. The lowest BCUT2D eigenvalue weighted by atomic mass is 9.94. The van der Waals surface area contributed by atoms with E-state index in [-0.39, 0.29) is 24.5 Å². The first kappa shape index (κ1) is 52.2. The number of esters is 2. The van der Waals surface area contributed by atoms with Gasteiger partial charge in [-0.25, -0.2) is 0 Å². The van der Waals surface area contributed by atoms with Crippen molar-refractivity contribution in [3.63, 3.8) is 0 Å². The van der Waals surface area contributed by atoms with Crippen LogP contribution in [0.3, 0.4) is 0 Å². The van der Waals surface area contributed by atoms with Crippen molar-refractivity contribution in [3.05, 3.63) is 0 Å². The van der Waals surface area contributed by atoms with E-state index in [0.29, 0.717) is 50.1 Å². The van der Waals surface area contributed by atoms with Gasteiger partial charge in [-0.1, -0.05) is 163 Å². The van der Waals surface area contributed by atoms with Crippen molar-refractivity contribution < 1.29 is 29.3 Å². The molecule has 0 spiro atoms. The number of aliphatic hydroxyl groups is 2. The SMILES string of the molecule is CCCCCCCCC(CCCCCC)COC(=O)CCCCCN(CCO)CC(O)CSCCOC(=O)C(CCCCCC)CCCCCCCC. The van der Waals surface area contributed by atoms with Crippen LogP contribution in [0.2, 0.25) is 0 Å². The van der Waals surface area contributed by atoms with Crippen LogP contribution >= 0.6 is 11.8 Å². The normalized spacial score (nSPS) is 13.3. The molecule has 0 radical (unpaired) electrons. The molecule has 3 atom stereocenters. The Labute approximate surface area is 333 Å². The summed E-state index contributed by atoms with van der Waals surface area (Å²) >= 11 is 1.62. The second kappa shape index (κ2) is 40.8. The monoisotopic (exact) mass is 772 g/mol. The fourth-order valence-corrected chi connectivity index (χ4v) is 7.89. The maximum atomic E-state index is 12.9. The Balaban J connectivity index is 4.33. The van der Waals surface area contributed by atoms with E-state index in [1.54, 1.807) is 11.8 Å². The van der Waals surface area contributed by atoms with Crippen LogP contribution in [0.15, 0.2) is 0 Å². The maximum absolute atomic E-state index is 12.9. The fraction of sp³-hybridized carbons (Fsp3) is 0.956. The van der Waals surface area contributed by atoms with Gasteiger partial charge in [-0.3, -0.25) is 14.5 Å². The summed E-state index contributed by atoms with van der Waals surface area (Å²) in [6, 6.07) is 0. The summed E-state index contributed by atoms with van der Waals surface area (Å²) < 4.78 is 11.5. The molecule has 3 unspecified atom stereocenters. The van der Waals surface area contributed by atoms with Gasteiger partial charge in [0.05, 0.1) is 25.2 Å². The molecule has 0 amide bonds. The minimum absolute atomic E-state index is 0.0171. The van der Waals surface area contributed by atoms with Gasteiger partial charge in [-0.05, 0) is 51.0 Å². The molecule has 0 aromatic rings. The maximum Gasteiger partial charge on any atom is 0.308 e. The van der Waals surface area contributed by atoms with Crippen molar-refractivity contribution in [3.8, 4) is 0 Å². The fourth-order valence-electron chi connectivity index (χ4n) is 7.14. The van der Waals surface area contributed by atoms with Gasteiger partial charge < -0.3 is 19.7 Å². The Kier molecular flexibility index (Phi) is 40.2. The van der Waals surface area contributed by atoms with Crippen molar-refractivity contribution >= 4 is 23.7 Å². The summed E-state index contributed by atoms with van der Waals surface area (Å²) in [7, 11) is 0. The first-order chi connectivity index (χ1) is 25.9. The van der Waals surface area contributed by atoms with Crippen LogP contribution in [0.25, 0.3) is 0 Å². The van der Waals surface area contributed by atoms with E-state index in [1.807, 2.05) is 0 Å². The Morgan fingerprint density at radius 3 is 1.64 bits per heavy atom. The Morgan fingerprint density at radius 1 is 0.604 bits per heavy atom. The zero-order valence-electron chi connectivity index (χ0n) is 35.6. The van der Waals surface area contributed by atoms with Gasteiger partial charge in [0.1, 0.15) is 6.61 Å². The summed E-state index contributed by atoms with van der Waals surface area (Å²) in [5.74, 6) is 1.65. The van der Waals surface area contributed by atoms with Crippen LogP contribution in [-0.2, 0) is 19.1 Å². The predicted molar refractivity (Wildman–Crippen MR) is 228 cm³/mol. The van der Waals surface area contributed by atoms with Crippen LogP contribution in [0, 0.1) is 11.8 Å². The van der Waals surface area contributed by atoms with Gasteiger partial charge in [0, 0.05) is 31.0 Å². The van der Waals surface area contributed by atoms with Crippen LogP contribution in [0.1, 0.15) is 207 Å². The molecular formula is C45H89NO6S. The minimum atomic E-state index is -0.512. The number of unbranched alkanes of at least 4 members (excludes halogenated alkanes) is 18. The lowest BCUT2D eigenvalue weighted by Gasteiger charge is -2.24. The first-order valence-corrected chi connectivity index (χ1v) is 24.0. The van der Waals surface area contributed by atoms with Crippen molar-refractivity contribution in [2.75, 3.05) is 51.0 Å². The Bertz CT molecular complexity index is 786. The molecule has 0 bridgehead atoms. The van der Waals surface area contributed by atoms with E-state index < -0.39 is 6.10 Å². The molecule has 0 aliphatic carbocycles. The third-order valence-electron chi connectivity index (χ3n) is 10.6. The van der Waals surface area contributed by atoms with Gasteiger partial charge in [-0.15, -0.1) is 0 Å². The smallest absolute Gasteiger partial charge is 0.308 e. The molecule has 0 heterocycles. The highest BCUT2D eigenvalue weighted by Crippen LogP contribution is 2.22. The molecule has 0 aliphatic rings. The summed E-state index contributed by atoms with van der Waals surface area (Å²) in [6.45, 7) is 11.8. The number of hydrogen-bond acceptors (Lipinski definition) is 8. The van der Waals surface area contributed by atoms with Gasteiger partial charge in [0.2, 0.25) is 0 Å². The summed E-state index contributed by atoms with van der Waals surface area (Å²) in [4.78, 5) is 27.6. The molecule has 2 N–H and O–H groups in total. The average molecular weight is 772 g/mol. The third-order valence-corrected chi connectivity index (χ3v) is 11.7. The number of ether oxygens (including phenoxy) is 2. The van der Waals surface area contributed by atoms with E-state index >= 15 is 0 Å². The van der Waals surface area contributed by atoms with E-state index in [0.717, 1.165) is 51.5 Å². The number of rotatable bonds is 42. The third kappa shape index (κ3) is 35.3. The topological polar surface area (TPSA) is 96.3 Å². The van der Waals surface area contributed by atoms with E-state index in [1.165, 1.54) is 128 Å². The zero-order valence-corrected chi connectivity index (χ0v) is 36.4. The molecule has 0 rings (SSSR count). The van der Waals surface area contributed by atoms with Crippen LogP contribution in [-0.4, -0.2) is 84.1 Å². The number of nitrogens with zero attached hydrogens (tertiary/aromatic N) is 1. The molecule has 0 aliphatic heterocycles. The average Bonchev–Trinajstić information content (AvgIpc) is 3.15.